The molecule has 0 spiro atoms. The molecule has 1 amide bonds. The Labute approximate surface area is 138 Å². The fraction of sp³-hybridized carbons (Fsp3) is 0. The number of rotatable bonds is 4. The van der Waals surface area contributed by atoms with E-state index in [9.17, 15) is 17.6 Å². The van der Waals surface area contributed by atoms with Crippen LogP contribution < -0.4 is 10.5 Å². The van der Waals surface area contributed by atoms with Gasteiger partial charge in [0, 0.05) is 10.9 Å². The van der Waals surface area contributed by atoms with E-state index < -0.39 is 21.7 Å². The molecule has 5 nitrogen and oxygen atoms in total. The predicted octanol–water partition coefficient (Wildman–Crippen LogP) is 2.88. The van der Waals surface area contributed by atoms with Crippen LogP contribution in [0.2, 0.25) is 0 Å². The number of halogens is 1. The Morgan fingerprint density at radius 1 is 1.00 bits per heavy atom. The van der Waals surface area contributed by atoms with E-state index in [1.807, 2.05) is 0 Å². The number of hydrogen-bond acceptors (Lipinski definition) is 3. The molecule has 0 saturated heterocycles. The van der Waals surface area contributed by atoms with Gasteiger partial charge in [0.25, 0.3) is 10.0 Å². The van der Waals surface area contributed by atoms with E-state index in [0.717, 1.165) is 17.5 Å². The minimum absolute atomic E-state index is 0.0407. The Hall–Kier alpha value is -2.93. The monoisotopic (exact) mass is 344 g/mol. The zero-order valence-corrected chi connectivity index (χ0v) is 13.2. The number of primary amides is 1. The molecule has 0 saturated carbocycles. The van der Waals surface area contributed by atoms with Gasteiger partial charge in [-0.15, -0.1) is 0 Å². The zero-order chi connectivity index (χ0) is 17.3. The Kier molecular flexibility index (Phi) is 3.94. The number of nitrogens with one attached hydrogen (secondary N) is 1. The van der Waals surface area contributed by atoms with Crippen molar-refractivity contribution in [3.63, 3.8) is 0 Å². The normalized spacial score (nSPS) is 11.4. The lowest BCUT2D eigenvalue weighted by Crippen LogP contribution is -2.16. The average Bonchev–Trinajstić information content (AvgIpc) is 2.56. The quantitative estimate of drug-likeness (QED) is 0.762. The highest BCUT2D eigenvalue weighted by Crippen LogP contribution is 2.26. The van der Waals surface area contributed by atoms with Crippen LogP contribution in [0.25, 0.3) is 10.8 Å². The van der Waals surface area contributed by atoms with Crippen LogP contribution in [0.5, 0.6) is 0 Å². The van der Waals surface area contributed by atoms with E-state index in [1.54, 1.807) is 36.4 Å². The molecular weight excluding hydrogens is 331 g/mol. The number of amides is 1. The molecule has 3 rings (SSSR count). The van der Waals surface area contributed by atoms with E-state index in [4.69, 9.17) is 5.73 Å². The van der Waals surface area contributed by atoms with Crippen molar-refractivity contribution in [1.82, 2.24) is 0 Å². The molecule has 0 unspecified atom stereocenters. The molecule has 0 heterocycles. The van der Waals surface area contributed by atoms with Gasteiger partial charge in [0.1, 0.15) is 5.82 Å². The molecule has 7 heteroatoms. The second-order valence-electron chi connectivity index (χ2n) is 5.14. The van der Waals surface area contributed by atoms with Crippen LogP contribution in [0.15, 0.2) is 65.6 Å². The Bertz CT molecular complexity index is 1040. The van der Waals surface area contributed by atoms with Gasteiger partial charge in [-0.3, -0.25) is 9.52 Å². The number of carbonyl (C=O) groups is 1. The molecule has 24 heavy (non-hydrogen) atoms. The van der Waals surface area contributed by atoms with Crippen LogP contribution in [0.4, 0.5) is 10.1 Å². The average molecular weight is 344 g/mol. The highest BCUT2D eigenvalue weighted by Gasteiger charge is 2.19. The lowest BCUT2D eigenvalue weighted by molar-refractivity contribution is 0.1000. The number of carbonyl (C=O) groups excluding carboxylic acids is 1. The summed E-state index contributed by atoms with van der Waals surface area (Å²) < 4.78 is 41.5. The molecule has 3 N–H and O–H groups in total. The third-order valence-corrected chi connectivity index (χ3v) is 4.96. The molecule has 3 aromatic carbocycles. The van der Waals surface area contributed by atoms with Crippen LogP contribution in [0, 0.1) is 5.82 Å². The number of hydrogen-bond donors (Lipinski definition) is 2. The smallest absolute Gasteiger partial charge is 0.262 e. The second kappa shape index (κ2) is 5.93. The topological polar surface area (TPSA) is 89.3 Å². The van der Waals surface area contributed by atoms with Crippen LogP contribution in [-0.4, -0.2) is 14.3 Å². The van der Waals surface area contributed by atoms with Gasteiger partial charge in [-0.25, -0.2) is 12.8 Å². The number of nitrogens with two attached hydrogens (primary N) is 1. The third-order valence-electron chi connectivity index (χ3n) is 3.54. The summed E-state index contributed by atoms with van der Waals surface area (Å²) in [6.07, 6.45) is 0. The van der Waals surface area contributed by atoms with Crippen molar-refractivity contribution in [1.29, 1.82) is 0 Å². The highest BCUT2D eigenvalue weighted by molar-refractivity contribution is 7.93. The van der Waals surface area contributed by atoms with Crippen LogP contribution in [-0.2, 0) is 10.0 Å². The number of sulfonamides is 1. The molecule has 0 aliphatic rings. The molecule has 0 radical (unpaired) electrons. The maximum atomic E-state index is 14.0. The maximum absolute atomic E-state index is 14.0. The van der Waals surface area contributed by atoms with E-state index in [2.05, 4.69) is 4.72 Å². The van der Waals surface area contributed by atoms with Crippen molar-refractivity contribution in [2.75, 3.05) is 4.72 Å². The van der Waals surface area contributed by atoms with Crippen LogP contribution in [0.1, 0.15) is 10.4 Å². The lowest BCUT2D eigenvalue weighted by atomic mass is 10.1. The maximum Gasteiger partial charge on any atom is 0.262 e. The summed E-state index contributed by atoms with van der Waals surface area (Å²) in [4.78, 5) is 11.1. The SMILES string of the molecule is NC(=O)c1ccc(NS(=O)(=O)c2cccc3ccccc23)c(F)c1. The van der Waals surface area contributed by atoms with Gasteiger partial charge in [-0.2, -0.15) is 0 Å². The third kappa shape index (κ3) is 2.93. The first-order valence-corrected chi connectivity index (χ1v) is 8.47. The standard InChI is InChI=1S/C17H13FN2O3S/c18-14-10-12(17(19)21)8-9-15(14)20-24(22,23)16-7-3-5-11-4-1-2-6-13(11)16/h1-10,20H,(H2,19,21). The number of benzene rings is 3. The Morgan fingerprint density at radius 2 is 1.71 bits per heavy atom. The minimum atomic E-state index is -4.00. The molecule has 0 aliphatic carbocycles. The summed E-state index contributed by atoms with van der Waals surface area (Å²) in [6, 6.07) is 15.2. The highest BCUT2D eigenvalue weighted by atomic mass is 32.2. The van der Waals surface area contributed by atoms with Crippen molar-refractivity contribution < 1.29 is 17.6 Å². The van der Waals surface area contributed by atoms with E-state index in [1.165, 1.54) is 12.1 Å². The number of anilines is 1. The van der Waals surface area contributed by atoms with Crippen molar-refractivity contribution in [2.24, 2.45) is 5.73 Å². The molecule has 0 atom stereocenters. The Morgan fingerprint density at radius 3 is 2.42 bits per heavy atom. The molecule has 0 fully saturated rings. The van der Waals surface area contributed by atoms with Gasteiger partial charge in [-0.05, 0) is 29.7 Å². The van der Waals surface area contributed by atoms with Crippen LogP contribution >= 0.6 is 0 Å². The van der Waals surface area contributed by atoms with Gasteiger partial charge in [0.15, 0.2) is 0 Å². The summed E-state index contributed by atoms with van der Waals surface area (Å²) in [7, 11) is -4.00. The second-order valence-corrected chi connectivity index (χ2v) is 6.79. The minimum Gasteiger partial charge on any atom is -0.366 e. The fourth-order valence-electron chi connectivity index (χ4n) is 2.38. The van der Waals surface area contributed by atoms with Gasteiger partial charge in [-0.1, -0.05) is 36.4 Å². The van der Waals surface area contributed by atoms with Gasteiger partial charge < -0.3 is 5.73 Å². The molecule has 3 aromatic rings. The summed E-state index contributed by atoms with van der Waals surface area (Å²) >= 11 is 0. The lowest BCUT2D eigenvalue weighted by Gasteiger charge is -2.11. The van der Waals surface area contributed by atoms with Crippen molar-refractivity contribution in [3.05, 3.63) is 72.0 Å². The van der Waals surface area contributed by atoms with Gasteiger partial charge >= 0.3 is 0 Å². The number of fused-ring (bicyclic) bond motifs is 1. The van der Waals surface area contributed by atoms with Gasteiger partial charge in [0.2, 0.25) is 5.91 Å². The molecular formula is C17H13FN2O3S. The molecule has 0 aromatic heterocycles. The Balaban J connectivity index is 2.04. The zero-order valence-electron chi connectivity index (χ0n) is 12.4. The largest absolute Gasteiger partial charge is 0.366 e. The van der Waals surface area contributed by atoms with Crippen molar-refractivity contribution in [2.45, 2.75) is 4.90 Å². The summed E-state index contributed by atoms with van der Waals surface area (Å²) in [5.41, 5.74) is 4.77. The summed E-state index contributed by atoms with van der Waals surface area (Å²) in [6.45, 7) is 0. The first kappa shape index (κ1) is 15.9. The van der Waals surface area contributed by atoms with Crippen molar-refractivity contribution >= 4 is 32.4 Å². The first-order valence-electron chi connectivity index (χ1n) is 6.98. The van der Waals surface area contributed by atoms with E-state index in [-0.39, 0.29) is 16.1 Å². The van der Waals surface area contributed by atoms with E-state index >= 15 is 0 Å². The molecule has 0 bridgehead atoms. The molecule has 122 valence electrons. The molecule has 0 aliphatic heterocycles. The predicted molar refractivity (Wildman–Crippen MR) is 89.7 cm³/mol. The summed E-state index contributed by atoms with van der Waals surface area (Å²) in [5.74, 6) is -1.67. The first-order chi connectivity index (χ1) is 11.4. The van der Waals surface area contributed by atoms with Crippen LogP contribution in [0.3, 0.4) is 0 Å². The fourth-order valence-corrected chi connectivity index (χ4v) is 3.68. The van der Waals surface area contributed by atoms with E-state index in [0.29, 0.717) is 5.39 Å². The van der Waals surface area contributed by atoms with Gasteiger partial charge in [0.05, 0.1) is 10.6 Å². The van der Waals surface area contributed by atoms with Crippen molar-refractivity contribution in [3.8, 4) is 0 Å². The summed E-state index contributed by atoms with van der Waals surface area (Å²) in [5, 5.41) is 1.28.